The number of benzene rings is 1. The third kappa shape index (κ3) is 3.39. The number of hydrogen-bond donors (Lipinski definition) is 0. The molecule has 0 N–H and O–H groups in total. The van der Waals surface area contributed by atoms with Crippen molar-refractivity contribution in [3.8, 4) is 0 Å². The summed E-state index contributed by atoms with van der Waals surface area (Å²) in [5.74, 6) is 0. The number of urea groups is 1. The van der Waals surface area contributed by atoms with Crippen LogP contribution in [-0.4, -0.2) is 66.5 Å². The average molecular weight is 322 g/mol. The molecule has 0 spiro atoms. The van der Waals surface area contributed by atoms with Gasteiger partial charge in [-0.25, -0.2) is 4.79 Å². The maximum Gasteiger partial charge on any atom is 0.320 e. The molecule has 2 saturated heterocycles. The molecule has 4 nitrogen and oxygen atoms in total. The van der Waals surface area contributed by atoms with E-state index in [4.69, 9.17) is 11.6 Å². The number of hydrogen-bond acceptors (Lipinski definition) is 2. The van der Waals surface area contributed by atoms with Crippen molar-refractivity contribution in [2.24, 2.45) is 0 Å². The molecule has 0 saturated carbocycles. The van der Waals surface area contributed by atoms with E-state index in [1.807, 2.05) is 30.1 Å². The highest BCUT2D eigenvalue weighted by molar-refractivity contribution is 6.31. The second-order valence-corrected chi connectivity index (χ2v) is 6.72. The van der Waals surface area contributed by atoms with Gasteiger partial charge in [-0.2, -0.15) is 0 Å². The third-order valence-electron chi connectivity index (χ3n) is 4.90. The summed E-state index contributed by atoms with van der Waals surface area (Å²) < 4.78 is 0. The number of halogens is 1. The Labute approximate surface area is 137 Å². The minimum atomic E-state index is 0.203. The number of nitrogens with zero attached hydrogens (tertiary/aromatic N) is 3. The molecule has 2 aliphatic heterocycles. The lowest BCUT2D eigenvalue weighted by molar-refractivity contribution is 0.132. The predicted molar refractivity (Wildman–Crippen MR) is 89.4 cm³/mol. The number of amides is 2. The van der Waals surface area contributed by atoms with E-state index in [0.717, 1.165) is 57.0 Å². The van der Waals surface area contributed by atoms with Gasteiger partial charge >= 0.3 is 6.03 Å². The topological polar surface area (TPSA) is 26.8 Å². The molecule has 120 valence electrons. The zero-order chi connectivity index (χ0) is 15.5. The van der Waals surface area contributed by atoms with Gasteiger partial charge in [0.05, 0.1) is 0 Å². The quantitative estimate of drug-likeness (QED) is 0.852. The molecule has 1 aromatic carbocycles. The van der Waals surface area contributed by atoms with E-state index in [0.29, 0.717) is 6.04 Å². The second kappa shape index (κ2) is 6.88. The summed E-state index contributed by atoms with van der Waals surface area (Å²) in [6.07, 6.45) is 3.17. The summed E-state index contributed by atoms with van der Waals surface area (Å²) >= 11 is 6.21. The van der Waals surface area contributed by atoms with Gasteiger partial charge in [0.2, 0.25) is 0 Å². The lowest BCUT2D eigenvalue weighted by atomic mass is 10.0. The maximum atomic E-state index is 12.1. The van der Waals surface area contributed by atoms with Gasteiger partial charge in [0, 0.05) is 50.8 Å². The van der Waals surface area contributed by atoms with Gasteiger partial charge in [-0.05, 0) is 30.9 Å². The van der Waals surface area contributed by atoms with Gasteiger partial charge in [0.1, 0.15) is 0 Å². The van der Waals surface area contributed by atoms with E-state index >= 15 is 0 Å². The summed E-state index contributed by atoms with van der Waals surface area (Å²) in [5, 5.41) is 0.864. The third-order valence-corrected chi connectivity index (χ3v) is 5.27. The van der Waals surface area contributed by atoms with Crippen molar-refractivity contribution in [2.45, 2.75) is 25.3 Å². The maximum absolute atomic E-state index is 12.1. The number of likely N-dealkylation sites (N-methyl/N-ethyl adjacent to an activating group) is 1. The zero-order valence-corrected chi connectivity index (χ0v) is 13.9. The first-order chi connectivity index (χ1) is 10.6. The summed E-state index contributed by atoms with van der Waals surface area (Å²) in [4.78, 5) is 18.4. The summed E-state index contributed by atoms with van der Waals surface area (Å²) in [6, 6.07) is 8.71. The molecule has 0 bridgehead atoms. The number of rotatable bonds is 4. The van der Waals surface area contributed by atoms with E-state index in [9.17, 15) is 4.79 Å². The van der Waals surface area contributed by atoms with E-state index in [1.54, 1.807) is 0 Å². The molecular weight excluding hydrogens is 298 g/mol. The fourth-order valence-corrected chi connectivity index (χ4v) is 3.67. The smallest absolute Gasteiger partial charge is 0.320 e. The number of carbonyl (C=O) groups excluding carboxylic acids is 1. The molecule has 3 rings (SSSR count). The molecule has 0 aliphatic carbocycles. The van der Waals surface area contributed by atoms with Crippen LogP contribution in [0, 0.1) is 0 Å². The Balaban J connectivity index is 1.46. The summed E-state index contributed by atoms with van der Waals surface area (Å²) in [7, 11) is 1.89. The van der Waals surface area contributed by atoms with Gasteiger partial charge < -0.3 is 14.7 Å². The van der Waals surface area contributed by atoms with Crippen molar-refractivity contribution in [2.75, 3.05) is 39.8 Å². The molecule has 2 amide bonds. The van der Waals surface area contributed by atoms with Gasteiger partial charge in [-0.1, -0.05) is 29.8 Å². The monoisotopic (exact) mass is 321 g/mol. The highest BCUT2D eigenvalue weighted by atomic mass is 35.5. The Kier molecular flexibility index (Phi) is 4.89. The van der Waals surface area contributed by atoms with Crippen LogP contribution in [0.15, 0.2) is 24.3 Å². The molecular formula is C17H24ClN3O. The molecule has 2 heterocycles. The van der Waals surface area contributed by atoms with Gasteiger partial charge in [-0.3, -0.25) is 0 Å². The highest BCUT2D eigenvalue weighted by Crippen LogP contribution is 2.21. The number of carbonyl (C=O) groups is 1. The first kappa shape index (κ1) is 15.6. The molecule has 22 heavy (non-hydrogen) atoms. The Bertz CT molecular complexity index is 528. The van der Waals surface area contributed by atoms with Crippen LogP contribution in [0.2, 0.25) is 5.02 Å². The number of piperidine rings is 1. The fraction of sp³-hybridized carbons (Fsp3) is 0.588. The minimum Gasteiger partial charge on any atom is -0.326 e. The average Bonchev–Trinajstić information content (AvgIpc) is 2.87. The Hall–Kier alpha value is -1.26. The predicted octanol–water partition coefficient (Wildman–Crippen LogP) is 2.71. The van der Waals surface area contributed by atoms with Crippen LogP contribution in [0.5, 0.6) is 0 Å². The second-order valence-electron chi connectivity index (χ2n) is 6.31. The molecule has 0 aromatic heterocycles. The minimum absolute atomic E-state index is 0.203. The Morgan fingerprint density at radius 2 is 1.86 bits per heavy atom. The van der Waals surface area contributed by atoms with Crippen molar-refractivity contribution in [1.29, 1.82) is 0 Å². The fourth-order valence-electron chi connectivity index (χ4n) is 3.44. The van der Waals surface area contributed by atoms with E-state index in [2.05, 4.69) is 15.9 Å². The summed E-state index contributed by atoms with van der Waals surface area (Å²) in [6.45, 7) is 4.95. The van der Waals surface area contributed by atoms with Crippen molar-refractivity contribution < 1.29 is 4.79 Å². The number of likely N-dealkylation sites (tertiary alicyclic amines) is 1. The lowest BCUT2D eigenvalue weighted by Crippen LogP contribution is -2.46. The SMILES string of the molecule is CN1CCN(C2CCN(CCc3ccccc3Cl)CC2)C1=O. The van der Waals surface area contributed by atoms with Crippen molar-refractivity contribution in [1.82, 2.24) is 14.7 Å². The Morgan fingerprint density at radius 1 is 1.14 bits per heavy atom. The van der Waals surface area contributed by atoms with Gasteiger partial charge in [-0.15, -0.1) is 0 Å². The lowest BCUT2D eigenvalue weighted by Gasteiger charge is -2.36. The van der Waals surface area contributed by atoms with Crippen molar-refractivity contribution in [3.05, 3.63) is 34.9 Å². The van der Waals surface area contributed by atoms with Crippen LogP contribution in [0.4, 0.5) is 4.79 Å². The standard InChI is InChI=1S/C17H24ClN3O/c1-19-12-13-21(17(19)22)15-7-10-20(11-8-15)9-6-14-4-2-3-5-16(14)18/h2-5,15H,6-13H2,1H3. The van der Waals surface area contributed by atoms with E-state index in [-0.39, 0.29) is 6.03 Å². The first-order valence-corrected chi connectivity index (χ1v) is 8.50. The molecule has 1 aromatic rings. The molecule has 5 heteroatoms. The van der Waals surface area contributed by atoms with Gasteiger partial charge in [0.15, 0.2) is 0 Å². The van der Waals surface area contributed by atoms with E-state index < -0.39 is 0 Å². The van der Waals surface area contributed by atoms with Crippen LogP contribution < -0.4 is 0 Å². The molecule has 0 radical (unpaired) electrons. The molecule has 2 fully saturated rings. The molecule has 2 aliphatic rings. The normalized spacial score (nSPS) is 20.9. The summed E-state index contributed by atoms with van der Waals surface area (Å²) in [5.41, 5.74) is 1.22. The van der Waals surface area contributed by atoms with Crippen LogP contribution in [0.3, 0.4) is 0 Å². The van der Waals surface area contributed by atoms with Crippen LogP contribution in [0.25, 0.3) is 0 Å². The zero-order valence-electron chi connectivity index (χ0n) is 13.2. The van der Waals surface area contributed by atoms with Crippen LogP contribution in [0.1, 0.15) is 18.4 Å². The molecule has 0 atom stereocenters. The Morgan fingerprint density at radius 3 is 2.50 bits per heavy atom. The van der Waals surface area contributed by atoms with Crippen LogP contribution in [-0.2, 0) is 6.42 Å². The van der Waals surface area contributed by atoms with E-state index in [1.165, 1.54) is 5.56 Å². The largest absolute Gasteiger partial charge is 0.326 e. The van der Waals surface area contributed by atoms with Crippen molar-refractivity contribution >= 4 is 17.6 Å². The van der Waals surface area contributed by atoms with Crippen LogP contribution >= 0.6 is 11.6 Å². The highest BCUT2D eigenvalue weighted by Gasteiger charge is 2.33. The van der Waals surface area contributed by atoms with Crippen molar-refractivity contribution in [3.63, 3.8) is 0 Å². The molecule has 0 unspecified atom stereocenters. The van der Waals surface area contributed by atoms with Gasteiger partial charge in [0.25, 0.3) is 0 Å². The first-order valence-electron chi connectivity index (χ1n) is 8.12.